The second kappa shape index (κ2) is 10.7. The predicted octanol–water partition coefficient (Wildman–Crippen LogP) is 10.5. The van der Waals surface area contributed by atoms with Crippen LogP contribution in [0.15, 0.2) is 158 Å². The van der Waals surface area contributed by atoms with E-state index >= 15 is 0 Å². The van der Waals surface area contributed by atoms with E-state index in [2.05, 4.69) is 149 Å². The maximum Gasteiger partial charge on any atom is 0.0972 e. The SMILES string of the molecule is c1cc(-c2ccc3ccccc3c2)cc(-c2ccc3ccc4ccc(-c5cccc(-c6ccc7nccnc7c6)c5)nc4c3n2)c1. The second-order valence-electron chi connectivity index (χ2n) is 11.6. The maximum absolute atomic E-state index is 5.21. The van der Waals surface area contributed by atoms with E-state index in [1.165, 1.54) is 21.9 Å². The molecule has 0 amide bonds. The molecule has 0 spiro atoms. The third kappa shape index (κ3) is 4.64. The van der Waals surface area contributed by atoms with Crippen LogP contribution in [0.4, 0.5) is 0 Å². The van der Waals surface area contributed by atoms with Gasteiger partial charge in [-0.05, 0) is 75.5 Å². The molecule has 214 valence electrons. The normalized spacial score (nSPS) is 11.5. The number of hydrogen-bond acceptors (Lipinski definition) is 4. The topological polar surface area (TPSA) is 51.6 Å². The smallest absolute Gasteiger partial charge is 0.0972 e. The fourth-order valence-electron chi connectivity index (χ4n) is 6.32. The van der Waals surface area contributed by atoms with Gasteiger partial charge in [-0.15, -0.1) is 0 Å². The fraction of sp³-hybridized carbons (Fsp3) is 0. The first-order valence-corrected chi connectivity index (χ1v) is 15.4. The third-order valence-electron chi connectivity index (χ3n) is 8.72. The Morgan fingerprint density at radius 1 is 0.304 bits per heavy atom. The first kappa shape index (κ1) is 26.2. The van der Waals surface area contributed by atoms with Crippen LogP contribution < -0.4 is 0 Å². The van der Waals surface area contributed by atoms with Crippen LogP contribution in [-0.2, 0) is 0 Å². The number of hydrogen-bond donors (Lipinski definition) is 0. The number of pyridine rings is 2. The Labute approximate surface area is 265 Å². The summed E-state index contributed by atoms with van der Waals surface area (Å²) in [6, 6.07) is 51.2. The van der Waals surface area contributed by atoms with Crippen molar-refractivity contribution in [3.05, 3.63) is 158 Å². The van der Waals surface area contributed by atoms with E-state index in [1.807, 2.05) is 6.07 Å². The molecular weight excluding hydrogens is 560 g/mol. The zero-order valence-electron chi connectivity index (χ0n) is 24.8. The van der Waals surface area contributed by atoms with Gasteiger partial charge < -0.3 is 0 Å². The van der Waals surface area contributed by atoms with E-state index in [0.29, 0.717) is 0 Å². The number of rotatable bonds is 4. The average Bonchev–Trinajstić information content (AvgIpc) is 3.14. The molecule has 0 unspecified atom stereocenters. The summed E-state index contributed by atoms with van der Waals surface area (Å²) < 4.78 is 0. The van der Waals surface area contributed by atoms with Gasteiger partial charge in [0.15, 0.2) is 0 Å². The highest BCUT2D eigenvalue weighted by Crippen LogP contribution is 2.32. The number of aromatic nitrogens is 4. The molecule has 0 saturated heterocycles. The van der Waals surface area contributed by atoms with Gasteiger partial charge in [0.1, 0.15) is 0 Å². The molecule has 0 saturated carbocycles. The minimum Gasteiger partial charge on any atom is -0.253 e. The zero-order valence-corrected chi connectivity index (χ0v) is 24.8. The number of fused-ring (bicyclic) bond motifs is 5. The molecule has 0 aliphatic rings. The molecule has 0 bridgehead atoms. The lowest BCUT2D eigenvalue weighted by Crippen LogP contribution is -1.91. The molecule has 0 N–H and O–H groups in total. The largest absolute Gasteiger partial charge is 0.253 e. The third-order valence-corrected chi connectivity index (χ3v) is 8.72. The first-order chi connectivity index (χ1) is 22.7. The first-order valence-electron chi connectivity index (χ1n) is 15.4. The molecule has 3 heterocycles. The van der Waals surface area contributed by atoms with E-state index in [1.54, 1.807) is 12.4 Å². The van der Waals surface area contributed by atoms with E-state index in [-0.39, 0.29) is 0 Å². The van der Waals surface area contributed by atoms with Gasteiger partial charge in [0.25, 0.3) is 0 Å². The van der Waals surface area contributed by atoms with Crippen molar-refractivity contribution in [2.24, 2.45) is 0 Å². The lowest BCUT2D eigenvalue weighted by Gasteiger charge is -2.10. The molecule has 46 heavy (non-hydrogen) atoms. The van der Waals surface area contributed by atoms with Crippen molar-refractivity contribution in [1.29, 1.82) is 0 Å². The van der Waals surface area contributed by atoms with Crippen LogP contribution >= 0.6 is 0 Å². The van der Waals surface area contributed by atoms with Crippen LogP contribution in [0.25, 0.3) is 88.4 Å². The van der Waals surface area contributed by atoms with E-state index in [0.717, 1.165) is 66.5 Å². The van der Waals surface area contributed by atoms with Crippen LogP contribution in [-0.4, -0.2) is 19.9 Å². The standard InChI is InChI=1S/C42H26N4/c1-2-6-30-23-33(14-11-27(30)5-1)31-7-3-9-35(24-31)37-18-15-28-12-13-29-16-19-38(46-42(29)41(28)45-37)36-10-4-8-32(25-36)34-17-20-39-40(26-34)44-22-21-43-39/h1-26H. The Bertz CT molecular complexity index is 2420. The van der Waals surface area contributed by atoms with Crippen LogP contribution in [0, 0.1) is 0 Å². The summed E-state index contributed by atoms with van der Waals surface area (Å²) in [6.07, 6.45) is 3.45. The summed E-state index contributed by atoms with van der Waals surface area (Å²) in [5.74, 6) is 0. The Kier molecular flexibility index (Phi) is 6.10. The summed E-state index contributed by atoms with van der Waals surface area (Å²) in [5.41, 5.74) is 12.1. The predicted molar refractivity (Wildman–Crippen MR) is 189 cm³/mol. The Hall–Kier alpha value is -6.26. The molecule has 4 heteroatoms. The average molecular weight is 587 g/mol. The molecule has 3 aromatic heterocycles. The van der Waals surface area contributed by atoms with Gasteiger partial charge in [0.05, 0.1) is 33.5 Å². The lowest BCUT2D eigenvalue weighted by atomic mass is 9.98. The van der Waals surface area contributed by atoms with Gasteiger partial charge in [-0.2, -0.15) is 0 Å². The van der Waals surface area contributed by atoms with Gasteiger partial charge >= 0.3 is 0 Å². The van der Waals surface area contributed by atoms with Crippen molar-refractivity contribution >= 4 is 43.6 Å². The van der Waals surface area contributed by atoms with Gasteiger partial charge in [0, 0.05) is 34.3 Å². The summed E-state index contributed by atoms with van der Waals surface area (Å²) in [7, 11) is 0. The molecule has 0 radical (unpaired) electrons. The molecule has 0 aliphatic heterocycles. The summed E-state index contributed by atoms with van der Waals surface area (Å²) in [4.78, 5) is 19.3. The van der Waals surface area contributed by atoms with Crippen LogP contribution in [0.5, 0.6) is 0 Å². The van der Waals surface area contributed by atoms with Gasteiger partial charge in [-0.3, -0.25) is 9.97 Å². The molecule has 0 aliphatic carbocycles. The number of nitrogens with zero attached hydrogens (tertiary/aromatic N) is 4. The molecule has 6 aromatic carbocycles. The van der Waals surface area contributed by atoms with Crippen molar-refractivity contribution in [3.63, 3.8) is 0 Å². The van der Waals surface area contributed by atoms with Crippen LogP contribution in [0.2, 0.25) is 0 Å². The Morgan fingerprint density at radius 2 is 0.804 bits per heavy atom. The monoisotopic (exact) mass is 586 g/mol. The Balaban J connectivity index is 1.12. The van der Waals surface area contributed by atoms with Crippen molar-refractivity contribution < 1.29 is 0 Å². The van der Waals surface area contributed by atoms with Gasteiger partial charge in [0.2, 0.25) is 0 Å². The summed E-state index contributed by atoms with van der Waals surface area (Å²) >= 11 is 0. The molecule has 0 fully saturated rings. The minimum atomic E-state index is 0.880. The van der Waals surface area contributed by atoms with Crippen molar-refractivity contribution in [2.45, 2.75) is 0 Å². The quantitative estimate of drug-likeness (QED) is 0.193. The number of benzene rings is 6. The molecule has 9 aromatic rings. The van der Waals surface area contributed by atoms with Crippen molar-refractivity contribution in [2.75, 3.05) is 0 Å². The summed E-state index contributed by atoms with van der Waals surface area (Å²) in [5, 5.41) is 4.61. The van der Waals surface area contributed by atoms with Crippen molar-refractivity contribution in [1.82, 2.24) is 19.9 Å². The van der Waals surface area contributed by atoms with E-state index in [4.69, 9.17) is 9.97 Å². The highest BCUT2D eigenvalue weighted by Gasteiger charge is 2.11. The molecule has 4 nitrogen and oxygen atoms in total. The minimum absolute atomic E-state index is 0.880. The second-order valence-corrected chi connectivity index (χ2v) is 11.6. The van der Waals surface area contributed by atoms with Crippen LogP contribution in [0.3, 0.4) is 0 Å². The summed E-state index contributed by atoms with van der Waals surface area (Å²) in [6.45, 7) is 0. The van der Waals surface area contributed by atoms with E-state index in [9.17, 15) is 0 Å². The fourth-order valence-corrected chi connectivity index (χ4v) is 6.32. The lowest BCUT2D eigenvalue weighted by molar-refractivity contribution is 1.29. The van der Waals surface area contributed by atoms with Gasteiger partial charge in [-0.1, -0.05) is 103 Å². The highest BCUT2D eigenvalue weighted by atomic mass is 14.8. The maximum atomic E-state index is 5.21. The molecule has 0 atom stereocenters. The zero-order chi connectivity index (χ0) is 30.5. The van der Waals surface area contributed by atoms with E-state index < -0.39 is 0 Å². The Morgan fingerprint density at radius 3 is 1.48 bits per heavy atom. The molecular formula is C42H26N4. The van der Waals surface area contributed by atoms with Gasteiger partial charge in [-0.25, -0.2) is 9.97 Å². The molecule has 9 rings (SSSR count). The van der Waals surface area contributed by atoms with Crippen molar-refractivity contribution in [3.8, 4) is 44.8 Å². The van der Waals surface area contributed by atoms with Crippen LogP contribution in [0.1, 0.15) is 0 Å². The highest BCUT2D eigenvalue weighted by molar-refractivity contribution is 6.04.